The Morgan fingerprint density at radius 1 is 0.728 bits per heavy atom. The molecule has 0 spiro atoms. The minimum absolute atomic E-state index is 0.117. The molecule has 0 aliphatic carbocycles. The number of likely N-dealkylation sites (N-methyl/N-ethyl adjacent to an activating group) is 3. The van der Waals surface area contributed by atoms with Gasteiger partial charge in [0.1, 0.15) is 54.4 Å². The van der Waals surface area contributed by atoms with Crippen molar-refractivity contribution in [3.63, 3.8) is 0 Å². The number of nitrogens with one attached hydrogen (secondary N) is 1. The van der Waals surface area contributed by atoms with Crippen LogP contribution in [-0.4, -0.2) is 175 Å². The van der Waals surface area contributed by atoms with E-state index in [1.807, 2.05) is 45.0 Å². The van der Waals surface area contributed by atoms with Gasteiger partial charge in [0.2, 0.25) is 29.4 Å². The Balaban J connectivity index is 1.31. The summed E-state index contributed by atoms with van der Waals surface area (Å²) in [6.45, 7) is 9.23. The maximum atomic E-state index is 14.9. The molecule has 2 fully saturated rings. The van der Waals surface area contributed by atoms with Crippen molar-refractivity contribution < 1.29 is 66.8 Å². The van der Waals surface area contributed by atoms with Gasteiger partial charge in [-0.05, 0) is 134 Å². The lowest BCUT2D eigenvalue weighted by Crippen LogP contribution is -2.58. The van der Waals surface area contributed by atoms with E-state index in [2.05, 4.69) is 5.32 Å². The number of hydrogen-bond acceptors (Lipinski definition) is 14. The van der Waals surface area contributed by atoms with Crippen LogP contribution in [0.25, 0.3) is 0 Å². The number of aryl methyl sites for hydroxylation is 1. The number of ketones is 1. The van der Waals surface area contributed by atoms with Crippen molar-refractivity contribution in [3.8, 4) is 11.5 Å². The molecule has 6 atom stereocenters. The summed E-state index contributed by atoms with van der Waals surface area (Å²) in [5.41, 5.74) is -0.389. The fraction of sp³-hybridized carbons (Fsp3) is 0.525. The van der Waals surface area contributed by atoms with Gasteiger partial charge in [0.15, 0.2) is 6.61 Å². The molecule has 1 N–H and O–H groups in total. The molecule has 3 aromatic rings. The summed E-state index contributed by atoms with van der Waals surface area (Å²) in [4.78, 5) is 134. The third-order valence-electron chi connectivity index (χ3n) is 15.0. The summed E-state index contributed by atoms with van der Waals surface area (Å²) in [6, 6.07) is 17.0. The van der Waals surface area contributed by atoms with E-state index in [9.17, 15) is 43.2 Å². The molecular weight excluding hydrogens is 1040 g/mol. The number of rotatable bonds is 7. The highest BCUT2D eigenvalue weighted by molar-refractivity contribution is 6.38. The normalized spacial score (nSPS) is 24.1. The van der Waals surface area contributed by atoms with Crippen LogP contribution >= 0.6 is 0 Å². The number of benzene rings is 3. The van der Waals surface area contributed by atoms with Gasteiger partial charge >= 0.3 is 11.9 Å². The molecule has 3 aromatic carbocycles. The van der Waals surface area contributed by atoms with Crippen molar-refractivity contribution in [2.24, 2.45) is 5.41 Å². The lowest BCUT2D eigenvalue weighted by atomic mass is 9.87. The first-order valence-electron chi connectivity index (χ1n) is 27.7. The number of carbonyl (C=O) groups excluding carboxylic acids is 9. The quantitative estimate of drug-likeness (QED) is 0.226. The predicted molar refractivity (Wildman–Crippen MR) is 299 cm³/mol. The van der Waals surface area contributed by atoms with E-state index in [1.165, 1.54) is 71.5 Å². The summed E-state index contributed by atoms with van der Waals surface area (Å²) < 4.78 is 29.4. The maximum absolute atomic E-state index is 14.9. The maximum Gasteiger partial charge on any atom is 0.330 e. The Kier molecular flexibility index (Phi) is 21.8. The molecule has 81 heavy (non-hydrogen) atoms. The zero-order valence-corrected chi connectivity index (χ0v) is 48.5. The molecular formula is C61H80N6O14. The number of ether oxygens (including phenoxy) is 5. The Morgan fingerprint density at radius 3 is 2.14 bits per heavy atom. The molecule has 2 saturated heterocycles. The van der Waals surface area contributed by atoms with E-state index in [-0.39, 0.29) is 57.2 Å². The van der Waals surface area contributed by atoms with Crippen molar-refractivity contribution in [1.82, 2.24) is 29.8 Å². The van der Waals surface area contributed by atoms with Gasteiger partial charge in [-0.15, -0.1) is 0 Å². The smallest absolute Gasteiger partial charge is 0.330 e. The first-order chi connectivity index (χ1) is 38.4. The number of esters is 2. The topological polar surface area (TPSA) is 228 Å². The predicted octanol–water partition coefficient (Wildman–Crippen LogP) is 5.57. The highest BCUT2D eigenvalue weighted by atomic mass is 16.5. The van der Waals surface area contributed by atoms with Crippen LogP contribution in [0.1, 0.15) is 115 Å². The van der Waals surface area contributed by atoms with Crippen LogP contribution in [-0.2, 0) is 63.8 Å². The molecule has 2 bridgehead atoms. The number of carbonyl (C=O) groups is 9. The fourth-order valence-corrected chi connectivity index (χ4v) is 9.81. The van der Waals surface area contributed by atoms with Gasteiger partial charge in [-0.1, -0.05) is 60.7 Å². The minimum Gasteiger partial charge on any atom is -0.497 e. The van der Waals surface area contributed by atoms with Crippen LogP contribution in [0.15, 0.2) is 91.0 Å². The Morgan fingerprint density at radius 2 is 1.42 bits per heavy atom. The summed E-state index contributed by atoms with van der Waals surface area (Å²) in [5, 5.41) is 2.83. The van der Waals surface area contributed by atoms with E-state index in [0.717, 1.165) is 5.56 Å². The molecule has 6 rings (SSSR count). The van der Waals surface area contributed by atoms with Crippen LogP contribution in [0.2, 0.25) is 0 Å². The number of methoxy groups -OCH3 is 1. The summed E-state index contributed by atoms with van der Waals surface area (Å²) in [5.74, 6) is -5.15. The van der Waals surface area contributed by atoms with Gasteiger partial charge in [-0.3, -0.25) is 33.6 Å². The first kappa shape index (κ1) is 62.6. The number of piperidine rings is 1. The van der Waals surface area contributed by atoms with Gasteiger partial charge < -0.3 is 53.5 Å². The molecule has 0 radical (unpaired) electrons. The van der Waals surface area contributed by atoms with Crippen molar-refractivity contribution >= 4 is 53.2 Å². The summed E-state index contributed by atoms with van der Waals surface area (Å²) in [6.07, 6.45) is 4.97. The Hall–Kier alpha value is -7.61. The van der Waals surface area contributed by atoms with Crippen LogP contribution in [0.5, 0.6) is 11.5 Å². The number of Topliss-reactive ketones (excluding diaryl/α,β-unsaturated/α-hetero) is 1. The standard InChI is InChI=1S/C61H80N6O14/c1-40-54(71)62-52(42-22-12-11-13-23-42)57(74)65(9)48(37-80-60(2,3)4)56(73)66-34-20-28-46(66)55(72)63(7)32-16-15-29-51(69)79-39-61(5,6)53(70)58(75)67-33-17-14-27-47(67)59(76)81-49(31-30-41-21-18-25-44(35-41)77-10)43-24-19-26-45(36-43)78-38-50(68)64(40)8/h11-13,15,18-19,21-26,29,35-36,40,46-49,52H,14,16-17,20,27-28,30-34,37-39H2,1-10H3,(H,62,71)/t40-,46-,47-,48-,49+,52?/m0/s1. The molecule has 6 amide bonds. The molecule has 438 valence electrons. The summed E-state index contributed by atoms with van der Waals surface area (Å²) >= 11 is 0. The van der Waals surface area contributed by atoms with Crippen molar-refractivity contribution in [3.05, 3.63) is 108 Å². The molecule has 1 unspecified atom stereocenters. The second-order valence-corrected chi connectivity index (χ2v) is 22.6. The molecule has 3 aliphatic heterocycles. The second-order valence-electron chi connectivity index (χ2n) is 22.6. The van der Waals surface area contributed by atoms with Gasteiger partial charge in [0.05, 0.1) is 24.7 Å². The number of amides is 6. The zero-order chi connectivity index (χ0) is 59.2. The third-order valence-corrected chi connectivity index (χ3v) is 15.0. The highest BCUT2D eigenvalue weighted by Gasteiger charge is 2.44. The first-order valence-corrected chi connectivity index (χ1v) is 27.7. The van der Waals surface area contributed by atoms with Crippen LogP contribution in [0.4, 0.5) is 0 Å². The lowest BCUT2D eigenvalue weighted by molar-refractivity contribution is -0.165. The number of hydrogen-bond donors (Lipinski definition) is 1. The molecule has 20 nitrogen and oxygen atoms in total. The van der Waals surface area contributed by atoms with Gasteiger partial charge in [-0.2, -0.15) is 0 Å². The van der Waals surface area contributed by atoms with Gasteiger partial charge in [-0.25, -0.2) is 9.59 Å². The number of nitrogens with zero attached hydrogens (tertiary/aromatic N) is 5. The van der Waals surface area contributed by atoms with E-state index >= 15 is 0 Å². The SMILES string of the molecule is COc1cccc(CC[C@H]2OC(=O)[C@@H]3CCCCN3C(=O)C(=O)C(C)(C)COC(=O)C=CCCN(C)C(=O)[C@@H]3CCCN3C(=O)[C@H](COC(C)(C)C)N(C)C(=O)C(c3ccccc3)NC(=O)[C@H](C)N(C)C(=O)COc3cccc2c3)c1. The molecule has 0 aromatic heterocycles. The molecule has 0 saturated carbocycles. The lowest BCUT2D eigenvalue weighted by Gasteiger charge is -2.37. The monoisotopic (exact) mass is 1120 g/mol. The van der Waals surface area contributed by atoms with Crippen LogP contribution < -0.4 is 14.8 Å². The summed E-state index contributed by atoms with van der Waals surface area (Å²) in [7, 11) is 6.03. The van der Waals surface area contributed by atoms with E-state index in [4.69, 9.17) is 23.7 Å². The van der Waals surface area contributed by atoms with Crippen molar-refractivity contribution in [2.75, 3.05) is 67.7 Å². The van der Waals surface area contributed by atoms with E-state index in [1.54, 1.807) is 68.8 Å². The number of cyclic esters (lactones) is 2. The number of fused-ring (bicyclic) bond motifs is 4. The minimum atomic E-state index is -1.48. The Bertz CT molecular complexity index is 2780. The average Bonchev–Trinajstić information content (AvgIpc) is 3.98. The zero-order valence-electron chi connectivity index (χ0n) is 48.5. The average molecular weight is 1120 g/mol. The fourth-order valence-electron chi connectivity index (χ4n) is 9.81. The van der Waals surface area contributed by atoms with Gasteiger partial charge in [0, 0.05) is 46.9 Å². The van der Waals surface area contributed by atoms with E-state index < -0.39 is 108 Å². The van der Waals surface area contributed by atoms with Crippen molar-refractivity contribution in [2.45, 2.75) is 135 Å². The van der Waals surface area contributed by atoms with Crippen LogP contribution in [0.3, 0.4) is 0 Å². The highest BCUT2D eigenvalue weighted by Crippen LogP contribution is 2.32. The van der Waals surface area contributed by atoms with E-state index in [0.29, 0.717) is 49.0 Å². The third kappa shape index (κ3) is 16.7. The largest absolute Gasteiger partial charge is 0.497 e. The van der Waals surface area contributed by atoms with Crippen molar-refractivity contribution in [1.29, 1.82) is 0 Å². The molecule has 3 aliphatic rings. The van der Waals surface area contributed by atoms with Crippen LogP contribution in [0, 0.1) is 5.41 Å². The van der Waals surface area contributed by atoms with Gasteiger partial charge in [0.25, 0.3) is 11.8 Å². The molecule has 20 heteroatoms. The second kappa shape index (κ2) is 28.2. The Labute approximate surface area is 475 Å². The molecule has 3 heterocycles.